The Bertz CT molecular complexity index is 1390. The highest BCUT2D eigenvalue weighted by atomic mass is 19.1. The Kier molecular flexibility index (Phi) is 7.54. The molecule has 39 heavy (non-hydrogen) atoms. The van der Waals surface area contributed by atoms with Crippen molar-refractivity contribution in [3.8, 4) is 0 Å². The summed E-state index contributed by atoms with van der Waals surface area (Å²) in [4.78, 5) is 43.8. The summed E-state index contributed by atoms with van der Waals surface area (Å²) >= 11 is 0. The number of aromatic nitrogens is 4. The highest BCUT2D eigenvalue weighted by Gasteiger charge is 2.28. The highest BCUT2D eigenvalue weighted by Crippen LogP contribution is 2.30. The number of aliphatic carboxylic acids is 1. The van der Waals surface area contributed by atoms with Crippen molar-refractivity contribution in [3.05, 3.63) is 42.2 Å². The van der Waals surface area contributed by atoms with Crippen LogP contribution in [0.1, 0.15) is 55.4 Å². The molecule has 206 valence electrons. The number of carbonyl (C=O) groups excluding carboxylic acids is 2. The third-order valence-electron chi connectivity index (χ3n) is 6.90. The topological polar surface area (TPSA) is 189 Å². The molecule has 3 heterocycles. The number of amides is 2. The zero-order valence-electron chi connectivity index (χ0n) is 21.1. The molecule has 0 bridgehead atoms. The Morgan fingerprint density at radius 2 is 1.74 bits per heavy atom. The fraction of sp³-hybridized carbons (Fsp3) is 0.440. The molecule has 0 unspecified atom stereocenters. The number of imidazole rings is 1. The van der Waals surface area contributed by atoms with Crippen LogP contribution in [0.15, 0.2) is 30.7 Å². The lowest BCUT2D eigenvalue weighted by molar-refractivity contribution is -0.139. The number of carboxylic acid groups (broad SMARTS) is 1. The molecule has 0 spiro atoms. The summed E-state index contributed by atoms with van der Waals surface area (Å²) in [6.45, 7) is 0. The zero-order chi connectivity index (χ0) is 27.5. The molecule has 3 aromatic heterocycles. The lowest BCUT2D eigenvalue weighted by Crippen LogP contribution is -2.49. The Morgan fingerprint density at radius 3 is 2.41 bits per heavy atom. The molecule has 2 fully saturated rings. The van der Waals surface area contributed by atoms with E-state index in [-0.39, 0.29) is 29.9 Å². The Hall–Kier alpha value is -4.33. The minimum absolute atomic E-state index is 0.00265. The van der Waals surface area contributed by atoms with Crippen LogP contribution in [0.3, 0.4) is 0 Å². The van der Waals surface area contributed by atoms with E-state index in [1.165, 1.54) is 23.0 Å². The normalized spacial score (nSPS) is 19.8. The van der Waals surface area contributed by atoms with Crippen LogP contribution in [0, 0.1) is 5.82 Å². The van der Waals surface area contributed by atoms with Crippen LogP contribution in [0.2, 0.25) is 0 Å². The minimum Gasteiger partial charge on any atom is -0.481 e. The number of anilines is 3. The van der Waals surface area contributed by atoms with Gasteiger partial charge in [-0.25, -0.2) is 13.9 Å². The van der Waals surface area contributed by atoms with Crippen molar-refractivity contribution in [2.75, 3.05) is 16.0 Å². The summed E-state index contributed by atoms with van der Waals surface area (Å²) in [6, 6.07) is 2.69. The molecule has 2 aliphatic rings. The molecule has 7 N–H and O–H groups in total. The van der Waals surface area contributed by atoms with E-state index in [9.17, 15) is 18.8 Å². The number of halogens is 1. The van der Waals surface area contributed by atoms with Crippen molar-refractivity contribution >= 4 is 40.6 Å². The number of hydrogen-bond donors (Lipinski definition) is 6. The van der Waals surface area contributed by atoms with Gasteiger partial charge in [-0.2, -0.15) is 0 Å². The van der Waals surface area contributed by atoms with Crippen LogP contribution in [-0.4, -0.2) is 66.6 Å². The number of nitrogens with zero attached hydrogens (tertiary/aromatic N) is 4. The van der Waals surface area contributed by atoms with Gasteiger partial charge in [0.15, 0.2) is 17.2 Å². The van der Waals surface area contributed by atoms with Gasteiger partial charge in [-0.3, -0.25) is 19.4 Å². The molecular formula is C25H30FN9O4. The van der Waals surface area contributed by atoms with E-state index >= 15 is 0 Å². The number of carboxylic acids is 1. The van der Waals surface area contributed by atoms with Crippen molar-refractivity contribution < 1.29 is 23.9 Å². The SMILES string of the molecule is NC(=O)[C@H](CC(=O)O)N[C@H]1CC[C@H](Nc2cc(NC3CC3)c3ncc(C(=O)Nc4ccncc4F)n3n2)CC1. The van der Waals surface area contributed by atoms with E-state index in [1.54, 1.807) is 0 Å². The van der Waals surface area contributed by atoms with Crippen LogP contribution in [0.25, 0.3) is 5.65 Å². The molecule has 0 radical (unpaired) electrons. The first-order chi connectivity index (χ1) is 18.8. The maximum atomic E-state index is 14.0. The maximum Gasteiger partial charge on any atom is 0.305 e. The molecule has 0 saturated heterocycles. The van der Waals surface area contributed by atoms with Crippen molar-refractivity contribution in [2.24, 2.45) is 5.73 Å². The lowest BCUT2D eigenvalue weighted by Gasteiger charge is -2.31. The van der Waals surface area contributed by atoms with Gasteiger partial charge in [0.05, 0.1) is 36.2 Å². The summed E-state index contributed by atoms with van der Waals surface area (Å²) in [5.74, 6) is -2.44. The van der Waals surface area contributed by atoms with E-state index in [1.807, 2.05) is 6.07 Å². The number of primary amides is 1. The standard InChI is InChI=1S/C25H30FN9O4/c26-16-11-28-8-7-17(16)33-25(39)20-12-29-24-19(31-14-1-2-14)9-21(34-35(20)24)32-15-5-3-13(4-6-15)30-18(23(27)38)10-22(36)37/h7-9,11-15,18,30-31H,1-6,10H2,(H2,27,38)(H,32,34)(H,36,37)(H,28,33,39)/t13-,15-,18-/m0/s1. The Morgan fingerprint density at radius 1 is 1.05 bits per heavy atom. The number of carbonyl (C=O) groups is 3. The fourth-order valence-electron chi connectivity index (χ4n) is 4.72. The monoisotopic (exact) mass is 539 g/mol. The van der Waals surface area contributed by atoms with Crippen molar-refractivity contribution in [3.63, 3.8) is 0 Å². The molecule has 2 saturated carbocycles. The summed E-state index contributed by atoms with van der Waals surface area (Å²) in [5.41, 5.74) is 6.72. The summed E-state index contributed by atoms with van der Waals surface area (Å²) < 4.78 is 15.5. The van der Waals surface area contributed by atoms with Crippen LogP contribution >= 0.6 is 0 Å². The van der Waals surface area contributed by atoms with Gasteiger partial charge in [-0.15, -0.1) is 5.10 Å². The second-order valence-corrected chi connectivity index (χ2v) is 9.96. The van der Waals surface area contributed by atoms with Crippen LogP contribution in [-0.2, 0) is 9.59 Å². The average Bonchev–Trinajstić information content (AvgIpc) is 3.61. The summed E-state index contributed by atoms with van der Waals surface area (Å²) in [7, 11) is 0. The molecule has 13 nitrogen and oxygen atoms in total. The molecule has 2 amide bonds. The zero-order valence-corrected chi connectivity index (χ0v) is 21.1. The van der Waals surface area contributed by atoms with Crippen molar-refractivity contribution in [1.82, 2.24) is 24.9 Å². The van der Waals surface area contributed by atoms with E-state index in [4.69, 9.17) is 10.8 Å². The molecule has 1 atom stereocenters. The maximum absolute atomic E-state index is 14.0. The third-order valence-corrected chi connectivity index (χ3v) is 6.90. The molecular weight excluding hydrogens is 509 g/mol. The molecule has 2 aliphatic carbocycles. The largest absolute Gasteiger partial charge is 0.481 e. The second kappa shape index (κ2) is 11.2. The van der Waals surface area contributed by atoms with Gasteiger partial charge >= 0.3 is 5.97 Å². The van der Waals surface area contributed by atoms with E-state index in [0.717, 1.165) is 37.6 Å². The second-order valence-electron chi connectivity index (χ2n) is 9.96. The molecule has 14 heteroatoms. The predicted octanol–water partition coefficient (Wildman–Crippen LogP) is 1.73. The van der Waals surface area contributed by atoms with Gasteiger partial charge in [0.1, 0.15) is 5.82 Å². The van der Waals surface area contributed by atoms with E-state index in [0.29, 0.717) is 30.3 Å². The number of fused-ring (bicyclic) bond motifs is 1. The summed E-state index contributed by atoms with van der Waals surface area (Å²) in [6.07, 6.45) is 8.46. The van der Waals surface area contributed by atoms with Gasteiger partial charge < -0.3 is 32.1 Å². The van der Waals surface area contributed by atoms with E-state index in [2.05, 4.69) is 36.3 Å². The van der Waals surface area contributed by atoms with Crippen LogP contribution in [0.5, 0.6) is 0 Å². The first-order valence-corrected chi connectivity index (χ1v) is 12.9. The van der Waals surface area contributed by atoms with Gasteiger partial charge in [0.2, 0.25) is 5.91 Å². The van der Waals surface area contributed by atoms with Gasteiger partial charge in [0.25, 0.3) is 5.91 Å². The number of nitrogens with one attached hydrogen (secondary N) is 4. The van der Waals surface area contributed by atoms with Gasteiger partial charge in [0, 0.05) is 30.4 Å². The van der Waals surface area contributed by atoms with Crippen LogP contribution < -0.4 is 27.0 Å². The highest BCUT2D eigenvalue weighted by molar-refractivity contribution is 6.03. The lowest BCUT2D eigenvalue weighted by atomic mass is 9.90. The number of hydrogen-bond acceptors (Lipinski definition) is 9. The van der Waals surface area contributed by atoms with Crippen molar-refractivity contribution in [1.29, 1.82) is 0 Å². The molecule has 3 aromatic rings. The summed E-state index contributed by atoms with van der Waals surface area (Å²) in [5, 5.41) is 26.1. The Labute approximate surface area is 222 Å². The molecule has 0 aromatic carbocycles. The number of pyridine rings is 1. The quantitative estimate of drug-likeness (QED) is 0.209. The molecule has 0 aliphatic heterocycles. The average molecular weight is 540 g/mol. The number of nitrogens with two attached hydrogens (primary N) is 1. The Balaban J connectivity index is 1.30. The van der Waals surface area contributed by atoms with E-state index < -0.39 is 29.6 Å². The fourth-order valence-corrected chi connectivity index (χ4v) is 4.72. The first kappa shape index (κ1) is 26.3. The third kappa shape index (κ3) is 6.39. The predicted molar refractivity (Wildman–Crippen MR) is 140 cm³/mol. The van der Waals surface area contributed by atoms with Gasteiger partial charge in [-0.05, 0) is 44.6 Å². The molecule has 5 rings (SSSR count). The van der Waals surface area contributed by atoms with Crippen molar-refractivity contribution in [2.45, 2.75) is 69.1 Å². The smallest absolute Gasteiger partial charge is 0.305 e. The first-order valence-electron chi connectivity index (χ1n) is 12.9. The minimum atomic E-state index is -1.09. The van der Waals surface area contributed by atoms with Crippen LogP contribution in [0.4, 0.5) is 21.6 Å². The number of rotatable bonds is 11. The van der Waals surface area contributed by atoms with Gasteiger partial charge in [-0.1, -0.05) is 0 Å².